The van der Waals surface area contributed by atoms with Gasteiger partial charge in [0.25, 0.3) is 0 Å². The summed E-state index contributed by atoms with van der Waals surface area (Å²) >= 11 is 0. The molecule has 0 rings (SSSR count). The zero-order valence-electron chi connectivity index (χ0n) is 6.30. The average Bonchev–Trinajstić information content (AvgIpc) is 2.03. The molecule has 0 spiro atoms. The molecule has 0 aliphatic heterocycles. The van der Waals surface area contributed by atoms with Gasteiger partial charge in [-0.1, -0.05) is 0 Å². The fourth-order valence-corrected chi connectivity index (χ4v) is 0. The molecule has 0 aliphatic carbocycles. The van der Waals surface area contributed by atoms with Crippen molar-refractivity contribution < 1.29 is 95.4 Å². The SMILES string of the molecule is [CH-]=O.[CH-]=O.[CH-]=O.[CH-]=O.[Fe+2].[Na+].[Na+]. The zero-order valence-corrected chi connectivity index (χ0v) is 11.4. The Bertz CT molecular complexity index is 28.1. The minimum atomic E-state index is 0. The van der Waals surface area contributed by atoms with Gasteiger partial charge in [0.15, 0.2) is 0 Å². The molecule has 0 saturated carbocycles. The average molecular weight is 218 g/mol. The molecule has 0 radical (unpaired) electrons. The molecule has 54 valence electrons. The molecule has 0 aromatic heterocycles. The first-order valence-corrected chi connectivity index (χ1v) is 0.943. The van der Waals surface area contributed by atoms with E-state index in [1.807, 2.05) is 0 Å². The van der Waals surface area contributed by atoms with Gasteiger partial charge in [-0.2, -0.15) is 0 Å². The van der Waals surface area contributed by atoms with Gasteiger partial charge in [-0.05, 0) is 0 Å². The molecule has 0 bridgehead atoms. The Hall–Kier alpha value is 1.20. The van der Waals surface area contributed by atoms with Crippen LogP contribution in [0.5, 0.6) is 0 Å². The van der Waals surface area contributed by atoms with Crippen molar-refractivity contribution in [1.82, 2.24) is 0 Å². The molecule has 0 aliphatic rings. The molecule has 11 heavy (non-hydrogen) atoms. The van der Waals surface area contributed by atoms with Crippen molar-refractivity contribution in [3.8, 4) is 0 Å². The monoisotopic (exact) mass is 218 g/mol. The molecule has 0 N–H and O–H groups in total. The van der Waals surface area contributed by atoms with E-state index in [1.165, 1.54) is 0 Å². The minimum Gasteiger partial charge on any atom is -0.545 e. The number of hydrogen-bond acceptors (Lipinski definition) is 4. The number of hydrogen-bond donors (Lipinski definition) is 0. The summed E-state index contributed by atoms with van der Waals surface area (Å²) in [6.45, 7) is 13.0. The molecule has 0 atom stereocenters. The molecular formula is C4H4FeNa2O4. The third-order valence-corrected chi connectivity index (χ3v) is 0. The van der Waals surface area contributed by atoms with E-state index in [0.717, 1.165) is 0 Å². The van der Waals surface area contributed by atoms with E-state index in [1.54, 1.807) is 0 Å². The van der Waals surface area contributed by atoms with Crippen molar-refractivity contribution in [2.75, 3.05) is 0 Å². The van der Waals surface area contributed by atoms with Gasteiger partial charge in [0.05, 0.1) is 0 Å². The molecular weight excluding hydrogens is 214 g/mol. The first-order valence-electron chi connectivity index (χ1n) is 0.943. The van der Waals surface area contributed by atoms with E-state index in [9.17, 15) is 0 Å². The largest absolute Gasteiger partial charge is 2.00 e. The summed E-state index contributed by atoms with van der Waals surface area (Å²) in [5.74, 6) is 0. The van der Waals surface area contributed by atoms with E-state index >= 15 is 0 Å². The molecule has 0 saturated heterocycles. The van der Waals surface area contributed by atoms with E-state index in [2.05, 4.69) is 27.2 Å². The van der Waals surface area contributed by atoms with Crippen molar-refractivity contribution in [3.63, 3.8) is 0 Å². The summed E-state index contributed by atoms with van der Waals surface area (Å²) in [4.78, 5) is 31.0. The summed E-state index contributed by atoms with van der Waals surface area (Å²) in [5.41, 5.74) is 0. The van der Waals surface area contributed by atoms with Crippen molar-refractivity contribution in [3.05, 3.63) is 0 Å². The van der Waals surface area contributed by atoms with Crippen LogP contribution in [0, 0.1) is 0 Å². The van der Waals surface area contributed by atoms with Gasteiger partial charge < -0.3 is 19.2 Å². The summed E-state index contributed by atoms with van der Waals surface area (Å²) in [5, 5.41) is 0. The molecule has 0 aromatic rings. The summed E-state index contributed by atoms with van der Waals surface area (Å²) in [7, 11) is 0. The first kappa shape index (κ1) is 56.6. The Morgan fingerprint density at radius 2 is 0.455 bits per heavy atom. The van der Waals surface area contributed by atoms with E-state index in [4.69, 9.17) is 19.2 Å². The fraction of sp³-hybridized carbons (Fsp3) is 0. The van der Waals surface area contributed by atoms with Gasteiger partial charge in [-0.15, -0.1) is 0 Å². The molecule has 0 heterocycles. The van der Waals surface area contributed by atoms with Crippen LogP contribution in [0.15, 0.2) is 0 Å². The summed E-state index contributed by atoms with van der Waals surface area (Å²) in [6.07, 6.45) is 0. The molecule has 7 heteroatoms. The van der Waals surface area contributed by atoms with Gasteiger partial charge in [0.1, 0.15) is 0 Å². The maximum Gasteiger partial charge on any atom is 2.00 e. The van der Waals surface area contributed by atoms with Crippen molar-refractivity contribution >= 4 is 27.2 Å². The van der Waals surface area contributed by atoms with Crippen LogP contribution < -0.4 is 59.1 Å². The van der Waals surface area contributed by atoms with Crippen LogP contribution in [0.3, 0.4) is 0 Å². The van der Waals surface area contributed by atoms with Gasteiger partial charge in [0, 0.05) is 0 Å². The summed E-state index contributed by atoms with van der Waals surface area (Å²) in [6, 6.07) is 0. The smallest absolute Gasteiger partial charge is 0.545 e. The maximum atomic E-state index is 7.75. The number of carbonyl (C=O) groups excluding carboxylic acids is 4. The number of rotatable bonds is 0. The van der Waals surface area contributed by atoms with Crippen molar-refractivity contribution in [2.24, 2.45) is 0 Å². The van der Waals surface area contributed by atoms with Gasteiger partial charge in [-0.3, -0.25) is 27.2 Å². The van der Waals surface area contributed by atoms with Crippen molar-refractivity contribution in [1.29, 1.82) is 0 Å². The van der Waals surface area contributed by atoms with Crippen LogP contribution in [-0.4, -0.2) is 27.2 Å². The first-order chi connectivity index (χ1) is 4.00. The third kappa shape index (κ3) is 659. The standard InChI is InChI=1S/4CHO.Fe.2Na/c4*1-2;;;/h4*1H;;;/q4*-1;+2;2*+1. The van der Waals surface area contributed by atoms with Crippen LogP contribution in [-0.2, 0) is 36.2 Å². The maximum absolute atomic E-state index is 7.75. The molecule has 0 amide bonds. The Kier molecular flexibility index (Phi) is 4170. The normalized spacial score (nSPS) is 1.45. The summed E-state index contributed by atoms with van der Waals surface area (Å²) < 4.78 is 0. The van der Waals surface area contributed by atoms with E-state index < -0.39 is 0 Å². The van der Waals surface area contributed by atoms with Crippen LogP contribution in [0.1, 0.15) is 0 Å². The minimum absolute atomic E-state index is 0. The van der Waals surface area contributed by atoms with Gasteiger partial charge >= 0.3 is 76.2 Å². The van der Waals surface area contributed by atoms with Crippen LogP contribution in [0.2, 0.25) is 0 Å². The van der Waals surface area contributed by atoms with E-state index in [0.29, 0.717) is 0 Å². The van der Waals surface area contributed by atoms with Crippen LogP contribution >= 0.6 is 0 Å². The molecule has 0 unspecified atom stereocenters. The predicted molar refractivity (Wildman–Crippen MR) is 27.0 cm³/mol. The predicted octanol–water partition coefficient (Wildman–Crippen LogP) is -7.09. The topological polar surface area (TPSA) is 68.3 Å². The fourth-order valence-electron chi connectivity index (χ4n) is 0. The second-order valence-electron chi connectivity index (χ2n) is 0. The second-order valence-corrected chi connectivity index (χ2v) is 0. The Morgan fingerprint density at radius 1 is 0.455 bits per heavy atom. The Balaban J connectivity index is -0.00000000356. The van der Waals surface area contributed by atoms with Crippen LogP contribution in [0.25, 0.3) is 0 Å². The quantitative estimate of drug-likeness (QED) is 0.230. The van der Waals surface area contributed by atoms with Gasteiger partial charge in [0.2, 0.25) is 0 Å². The Labute approximate surface area is 121 Å². The van der Waals surface area contributed by atoms with Crippen molar-refractivity contribution in [2.45, 2.75) is 0 Å². The van der Waals surface area contributed by atoms with E-state index in [-0.39, 0.29) is 76.2 Å². The molecule has 4 nitrogen and oxygen atoms in total. The molecule has 0 aromatic carbocycles. The molecule has 0 fully saturated rings. The van der Waals surface area contributed by atoms with Crippen LogP contribution in [0.4, 0.5) is 0 Å². The van der Waals surface area contributed by atoms with Gasteiger partial charge in [-0.25, -0.2) is 0 Å². The third-order valence-electron chi connectivity index (χ3n) is 0. The second kappa shape index (κ2) is 810. The Morgan fingerprint density at radius 3 is 0.455 bits per heavy atom. The zero-order chi connectivity index (χ0) is 8.00.